The maximum Gasteiger partial charge on any atom is 0.280 e. The molecule has 1 saturated heterocycles. The number of halogens is 2. The largest absolute Gasteiger partial charge is 0.382 e. The number of amides is 2. The number of nitrogens with two attached hydrogens (primary N) is 4. The molecule has 2 aromatic heterocycles. The minimum Gasteiger partial charge on any atom is -0.382 e. The smallest absolute Gasteiger partial charge is 0.280 e. The van der Waals surface area contributed by atoms with Crippen LogP contribution in [0.5, 0.6) is 0 Å². The fraction of sp³-hybridized carbons (Fsp3) is 0.538. The van der Waals surface area contributed by atoms with Gasteiger partial charge in [0.05, 0.1) is 0 Å². The number of unbranched alkanes of at least 4 members (excludes halogenated alkanes) is 2. The summed E-state index contributed by atoms with van der Waals surface area (Å²) in [5.74, 6) is -1.54. The summed E-state index contributed by atoms with van der Waals surface area (Å²) in [6.45, 7) is 5.91. The lowest BCUT2D eigenvalue weighted by Crippen LogP contribution is -2.42. The van der Waals surface area contributed by atoms with Gasteiger partial charge in [-0.2, -0.15) is 0 Å². The van der Waals surface area contributed by atoms with Gasteiger partial charge in [-0.25, -0.2) is 19.9 Å². The third-order valence-corrected chi connectivity index (χ3v) is 7.70. The van der Waals surface area contributed by atoms with Gasteiger partial charge in [0.25, 0.3) is 11.8 Å². The summed E-state index contributed by atoms with van der Waals surface area (Å²) in [5.41, 5.74) is 22.0. The van der Waals surface area contributed by atoms with Crippen LogP contribution in [0.4, 0.5) is 23.3 Å². The van der Waals surface area contributed by atoms with Gasteiger partial charge in [0.1, 0.15) is 0 Å². The Hall–Kier alpha value is -4.26. The molecule has 0 saturated carbocycles. The van der Waals surface area contributed by atoms with Gasteiger partial charge in [0.15, 0.2) is 56.9 Å². The molecule has 0 bridgehead atoms. The average molecular weight is 682 g/mol. The predicted molar refractivity (Wildman–Crippen MR) is 179 cm³/mol. The minimum absolute atomic E-state index is 0.0709. The Morgan fingerprint density at radius 1 is 0.717 bits per heavy atom. The molecule has 0 unspecified atom stereocenters. The normalized spacial score (nSPS) is 13.6. The first-order chi connectivity index (χ1) is 21.9. The molecule has 1 aliphatic heterocycles. The van der Waals surface area contributed by atoms with Crippen LogP contribution in [0.15, 0.2) is 0 Å². The van der Waals surface area contributed by atoms with E-state index >= 15 is 0 Å². The lowest BCUT2D eigenvalue weighted by Gasteiger charge is -2.32. The summed E-state index contributed by atoms with van der Waals surface area (Å²) < 4.78 is 0. The first-order valence-electron chi connectivity index (χ1n) is 14.8. The molecule has 1 fully saturated rings. The van der Waals surface area contributed by atoms with Gasteiger partial charge in [-0.3, -0.25) is 31.0 Å². The number of guanidine groups is 2. The van der Waals surface area contributed by atoms with Crippen molar-refractivity contribution in [3.8, 4) is 0 Å². The molecular formula is C26H42Cl2N16O2. The summed E-state index contributed by atoms with van der Waals surface area (Å²) in [6.07, 6.45) is 5.88. The standard InChI is InChI=1S/C26H42Cl2N16O2/c27-17-21(31)40-19(29)15(38-17)23(45)42-25(33)36-8-3-1-2-7-35-13-14-5-11-44(12-6-14)10-4-9-37-26(34)43-24(46)16-20(30)41-22(32)18(28)39-16/h14,35H,1-13H2,(H4,29,31,40)(H4,30,32,41)(H3,33,36,42,45)(H3,34,37,43,46). The van der Waals surface area contributed by atoms with E-state index in [1.54, 1.807) is 0 Å². The number of nitrogen functional groups attached to an aromatic ring is 4. The van der Waals surface area contributed by atoms with Crippen molar-refractivity contribution in [2.24, 2.45) is 5.92 Å². The molecular weight excluding hydrogens is 639 g/mol. The highest BCUT2D eigenvalue weighted by Crippen LogP contribution is 2.19. The zero-order valence-electron chi connectivity index (χ0n) is 25.4. The van der Waals surface area contributed by atoms with E-state index in [2.05, 4.69) is 51.4 Å². The zero-order valence-corrected chi connectivity index (χ0v) is 26.9. The van der Waals surface area contributed by atoms with Gasteiger partial charge in [0, 0.05) is 13.1 Å². The number of piperidine rings is 1. The second-order valence-corrected chi connectivity index (χ2v) is 11.4. The van der Waals surface area contributed by atoms with E-state index in [1.807, 2.05) is 0 Å². The Morgan fingerprint density at radius 3 is 1.72 bits per heavy atom. The van der Waals surface area contributed by atoms with Gasteiger partial charge in [-0.1, -0.05) is 29.6 Å². The minimum atomic E-state index is -0.694. The van der Waals surface area contributed by atoms with Crippen LogP contribution in [-0.4, -0.2) is 94.4 Å². The van der Waals surface area contributed by atoms with Crippen molar-refractivity contribution in [2.45, 2.75) is 38.5 Å². The second kappa shape index (κ2) is 18.0. The Kier molecular flexibility index (Phi) is 14.2. The van der Waals surface area contributed by atoms with E-state index in [1.165, 1.54) is 0 Å². The van der Waals surface area contributed by atoms with Gasteiger partial charge in [-0.15, -0.1) is 0 Å². The van der Waals surface area contributed by atoms with Gasteiger partial charge in [-0.05, 0) is 70.7 Å². The number of nitrogens with one attached hydrogen (secondary N) is 7. The summed E-state index contributed by atoms with van der Waals surface area (Å²) >= 11 is 11.6. The number of rotatable bonds is 14. The van der Waals surface area contributed by atoms with Crippen LogP contribution in [0.25, 0.3) is 0 Å². The summed E-state index contributed by atoms with van der Waals surface area (Å²) in [5, 5.41) is 29.6. The zero-order chi connectivity index (χ0) is 33.6. The Morgan fingerprint density at radius 2 is 1.20 bits per heavy atom. The van der Waals surface area contributed by atoms with Crippen molar-refractivity contribution in [1.29, 1.82) is 10.8 Å². The van der Waals surface area contributed by atoms with Crippen LogP contribution in [-0.2, 0) is 0 Å². The van der Waals surface area contributed by atoms with Gasteiger partial charge < -0.3 is 43.8 Å². The molecule has 0 atom stereocenters. The fourth-order valence-electron chi connectivity index (χ4n) is 4.65. The Bertz CT molecular complexity index is 1390. The van der Waals surface area contributed by atoms with E-state index in [0.29, 0.717) is 19.0 Å². The monoisotopic (exact) mass is 680 g/mol. The number of nitrogens with zero attached hydrogens (tertiary/aromatic N) is 5. The molecule has 252 valence electrons. The van der Waals surface area contributed by atoms with E-state index < -0.39 is 11.8 Å². The molecule has 0 aliphatic carbocycles. The topological polar surface area (TPSA) is 301 Å². The van der Waals surface area contributed by atoms with Crippen molar-refractivity contribution >= 4 is 70.2 Å². The summed E-state index contributed by atoms with van der Waals surface area (Å²) in [7, 11) is 0. The number of anilines is 4. The number of carbonyl (C=O) groups excluding carboxylic acids is 2. The van der Waals surface area contributed by atoms with Crippen LogP contribution in [0.2, 0.25) is 10.3 Å². The SMILES string of the molecule is N=C(NCCCCCNCC1CCN(CCCNC(=N)NC(=O)c2nc(Cl)c(N)nc2N)CC1)NC(=O)c1nc(Cl)c(N)nc1N. The molecule has 0 spiro atoms. The van der Waals surface area contributed by atoms with Crippen LogP contribution >= 0.6 is 23.2 Å². The maximum atomic E-state index is 12.3. The average Bonchev–Trinajstić information content (AvgIpc) is 3.00. The van der Waals surface area contributed by atoms with Gasteiger partial charge >= 0.3 is 0 Å². The first kappa shape index (κ1) is 36.2. The van der Waals surface area contributed by atoms with E-state index in [4.69, 9.17) is 57.0 Å². The number of carbonyl (C=O) groups is 2. The van der Waals surface area contributed by atoms with Crippen molar-refractivity contribution in [3.63, 3.8) is 0 Å². The van der Waals surface area contributed by atoms with Crippen molar-refractivity contribution in [3.05, 3.63) is 21.7 Å². The molecule has 0 aromatic carbocycles. The number of hydrogen-bond acceptors (Lipinski definition) is 14. The van der Waals surface area contributed by atoms with E-state index in [-0.39, 0.29) is 56.9 Å². The molecule has 3 rings (SSSR count). The molecule has 2 aromatic rings. The molecule has 20 heteroatoms. The summed E-state index contributed by atoms with van der Waals surface area (Å²) in [4.78, 5) is 42.1. The van der Waals surface area contributed by atoms with Crippen LogP contribution in [0.3, 0.4) is 0 Å². The molecule has 0 radical (unpaired) electrons. The number of likely N-dealkylation sites (tertiary alicyclic amines) is 1. The van der Waals surface area contributed by atoms with Crippen molar-refractivity contribution < 1.29 is 9.59 Å². The molecule has 15 N–H and O–H groups in total. The summed E-state index contributed by atoms with van der Waals surface area (Å²) in [6, 6.07) is 0. The predicted octanol–water partition coefficient (Wildman–Crippen LogP) is -0.0273. The molecule has 3 heterocycles. The maximum absolute atomic E-state index is 12.3. The number of aromatic nitrogens is 4. The van der Waals surface area contributed by atoms with Crippen LogP contribution in [0, 0.1) is 16.7 Å². The quantitative estimate of drug-likeness (QED) is 0.0709. The van der Waals surface area contributed by atoms with Crippen LogP contribution < -0.4 is 49.5 Å². The lowest BCUT2D eigenvalue weighted by atomic mass is 9.96. The van der Waals surface area contributed by atoms with Crippen molar-refractivity contribution in [1.82, 2.24) is 51.4 Å². The Balaban J connectivity index is 1.16. The molecule has 46 heavy (non-hydrogen) atoms. The van der Waals surface area contributed by atoms with E-state index in [0.717, 1.165) is 71.2 Å². The third-order valence-electron chi connectivity index (χ3n) is 7.14. The lowest BCUT2D eigenvalue weighted by molar-refractivity contribution is 0.0963. The van der Waals surface area contributed by atoms with E-state index in [9.17, 15) is 9.59 Å². The highest BCUT2D eigenvalue weighted by molar-refractivity contribution is 6.32. The highest BCUT2D eigenvalue weighted by atomic mass is 35.5. The fourth-order valence-corrected chi connectivity index (χ4v) is 4.91. The first-order valence-corrected chi connectivity index (χ1v) is 15.6. The molecule has 1 aliphatic rings. The Labute approximate surface area is 276 Å². The second-order valence-electron chi connectivity index (χ2n) is 10.7. The third kappa shape index (κ3) is 11.6. The highest BCUT2D eigenvalue weighted by Gasteiger charge is 2.20. The van der Waals surface area contributed by atoms with Crippen LogP contribution in [0.1, 0.15) is 59.5 Å². The van der Waals surface area contributed by atoms with Crippen molar-refractivity contribution in [2.75, 3.05) is 68.7 Å². The molecule has 18 nitrogen and oxygen atoms in total. The number of hydrogen-bond donors (Lipinski definition) is 11. The molecule has 2 amide bonds. The van der Waals surface area contributed by atoms with Gasteiger partial charge in [0.2, 0.25) is 0 Å².